The molecule has 5 heteroatoms. The van der Waals surface area contributed by atoms with E-state index >= 15 is 0 Å². The van der Waals surface area contributed by atoms with Crippen molar-refractivity contribution < 1.29 is 14.4 Å². The van der Waals surface area contributed by atoms with Crippen molar-refractivity contribution in [3.63, 3.8) is 0 Å². The van der Waals surface area contributed by atoms with E-state index < -0.39 is 0 Å². The second kappa shape index (κ2) is 8.39. The zero-order valence-electron chi connectivity index (χ0n) is 12.4. The molecule has 24 heavy (non-hydrogen) atoms. The molecule has 0 amide bonds. The van der Waals surface area contributed by atoms with Gasteiger partial charge in [0.1, 0.15) is 12.6 Å². The van der Waals surface area contributed by atoms with E-state index in [1.54, 1.807) is 48.5 Å². The molecule has 0 aliphatic carbocycles. The molecule has 0 aliphatic rings. The Morgan fingerprint density at radius 1 is 0.625 bits per heavy atom. The van der Waals surface area contributed by atoms with Crippen molar-refractivity contribution in [3.8, 4) is 0 Å². The third kappa shape index (κ3) is 4.28. The zero-order valence-corrected chi connectivity index (χ0v) is 13.9. The van der Waals surface area contributed by atoms with E-state index in [2.05, 4.69) is 0 Å². The van der Waals surface area contributed by atoms with Crippen molar-refractivity contribution in [3.05, 3.63) is 82.9 Å². The molecule has 0 fully saturated rings. The average molecular weight is 359 g/mol. The summed E-state index contributed by atoms with van der Waals surface area (Å²) in [4.78, 5) is 33.3. The highest BCUT2D eigenvalue weighted by molar-refractivity contribution is 6.50. The van der Waals surface area contributed by atoms with Gasteiger partial charge in [0.2, 0.25) is 0 Å². The number of allylic oxidation sites excluding steroid dienone is 2. The number of benzene rings is 2. The summed E-state index contributed by atoms with van der Waals surface area (Å²) in [5, 5.41) is 0.620. The molecular formula is C19H12Cl2O3. The maximum atomic E-state index is 12.5. The minimum atomic E-state index is -0.154. The molecule has 0 heterocycles. The Kier molecular flexibility index (Phi) is 6.24. The van der Waals surface area contributed by atoms with Crippen LogP contribution in [0.15, 0.2) is 60.7 Å². The smallest absolute Gasteiger partial charge is 0.193 e. The molecule has 0 saturated carbocycles. The molecule has 120 valence electrons. The van der Waals surface area contributed by atoms with Gasteiger partial charge in [0.25, 0.3) is 0 Å². The molecule has 0 aromatic heterocycles. The fourth-order valence-corrected chi connectivity index (χ4v) is 2.40. The summed E-state index contributed by atoms with van der Waals surface area (Å²) in [7, 11) is 0. The second-order valence-electron chi connectivity index (χ2n) is 4.79. The molecule has 2 aromatic rings. The lowest BCUT2D eigenvalue weighted by Crippen LogP contribution is -2.01. The first-order valence-corrected chi connectivity index (χ1v) is 7.70. The average Bonchev–Trinajstić information content (AvgIpc) is 2.62. The number of aldehydes is 2. The molecule has 0 unspecified atom stereocenters. The summed E-state index contributed by atoms with van der Waals surface area (Å²) in [6.45, 7) is 0. The molecule has 3 nitrogen and oxygen atoms in total. The van der Waals surface area contributed by atoms with Crippen LogP contribution in [0.25, 0.3) is 10.1 Å². The van der Waals surface area contributed by atoms with Crippen LogP contribution < -0.4 is 0 Å². The van der Waals surface area contributed by atoms with Gasteiger partial charge in [-0.25, -0.2) is 0 Å². The molecule has 0 aliphatic heterocycles. The minimum absolute atomic E-state index is 0.154. The Morgan fingerprint density at radius 2 is 0.917 bits per heavy atom. The van der Waals surface area contributed by atoms with Gasteiger partial charge >= 0.3 is 0 Å². The van der Waals surface area contributed by atoms with Gasteiger partial charge in [-0.2, -0.15) is 0 Å². The topological polar surface area (TPSA) is 51.2 Å². The molecule has 0 radical (unpaired) electrons. The molecule has 0 atom stereocenters. The number of rotatable bonds is 6. The highest BCUT2D eigenvalue weighted by Crippen LogP contribution is 2.22. The van der Waals surface area contributed by atoms with Crippen LogP contribution in [0, 0.1) is 0 Å². The first-order valence-electron chi connectivity index (χ1n) is 6.94. The number of hydrogen-bond donors (Lipinski definition) is 0. The zero-order chi connectivity index (χ0) is 17.5. The third-order valence-corrected chi connectivity index (χ3v) is 3.96. The quantitative estimate of drug-likeness (QED) is 0.434. The Balaban J connectivity index is 2.22. The standard InChI is InChI=1S/C19H12Cl2O3/c20-17(9-11-22)13-1-5-15(6-2-13)19(24)16-7-3-14(4-8-16)18(21)10-12-23/h1-12H/b17-9+,18-10+. The van der Waals surface area contributed by atoms with E-state index in [0.29, 0.717) is 44.9 Å². The maximum absolute atomic E-state index is 12.5. The normalized spacial score (nSPS) is 11.9. The van der Waals surface area contributed by atoms with Gasteiger partial charge in [-0.15, -0.1) is 0 Å². The SMILES string of the molecule is O=C/C=C(/Cl)c1ccc(C(=O)c2ccc(/C(Cl)=C\C=O)cc2)cc1. The highest BCUT2D eigenvalue weighted by Gasteiger charge is 2.10. The van der Waals surface area contributed by atoms with E-state index in [-0.39, 0.29) is 5.78 Å². The largest absolute Gasteiger partial charge is 0.299 e. The molecule has 2 rings (SSSR count). The predicted octanol–water partition coefficient (Wildman–Crippen LogP) is 4.47. The Bertz CT molecular complexity index is 747. The monoisotopic (exact) mass is 358 g/mol. The molecular weight excluding hydrogens is 347 g/mol. The molecule has 0 bridgehead atoms. The number of carbonyl (C=O) groups excluding carboxylic acids is 3. The molecule has 0 spiro atoms. The van der Waals surface area contributed by atoms with Crippen molar-refractivity contribution in [2.75, 3.05) is 0 Å². The fourth-order valence-electron chi connectivity index (χ4n) is 2.04. The molecule has 0 saturated heterocycles. The fraction of sp³-hybridized carbons (Fsp3) is 0. The maximum Gasteiger partial charge on any atom is 0.193 e. The Morgan fingerprint density at radius 3 is 1.21 bits per heavy atom. The number of ketones is 1. The number of hydrogen-bond acceptors (Lipinski definition) is 3. The second-order valence-corrected chi connectivity index (χ2v) is 5.60. The van der Waals surface area contributed by atoms with Gasteiger partial charge in [-0.3, -0.25) is 14.4 Å². The van der Waals surface area contributed by atoms with Gasteiger partial charge in [-0.05, 0) is 23.3 Å². The third-order valence-electron chi connectivity index (χ3n) is 3.27. The van der Waals surface area contributed by atoms with Crippen LogP contribution in [-0.4, -0.2) is 18.4 Å². The van der Waals surface area contributed by atoms with E-state index in [9.17, 15) is 14.4 Å². The van der Waals surface area contributed by atoms with Crippen LogP contribution in [0.2, 0.25) is 0 Å². The number of halogens is 2. The van der Waals surface area contributed by atoms with Crippen molar-refractivity contribution in [2.45, 2.75) is 0 Å². The predicted molar refractivity (Wildman–Crippen MR) is 96.1 cm³/mol. The van der Waals surface area contributed by atoms with Crippen LogP contribution >= 0.6 is 23.2 Å². The lowest BCUT2D eigenvalue weighted by Gasteiger charge is -2.05. The lowest BCUT2D eigenvalue weighted by atomic mass is 10.0. The van der Waals surface area contributed by atoms with E-state index in [1.807, 2.05) is 0 Å². The van der Waals surface area contributed by atoms with Gasteiger partial charge < -0.3 is 0 Å². The van der Waals surface area contributed by atoms with Crippen LogP contribution in [-0.2, 0) is 9.59 Å². The van der Waals surface area contributed by atoms with Crippen molar-refractivity contribution in [1.82, 2.24) is 0 Å². The van der Waals surface area contributed by atoms with Crippen LogP contribution in [0.1, 0.15) is 27.0 Å². The van der Waals surface area contributed by atoms with Gasteiger partial charge in [0, 0.05) is 11.1 Å². The summed E-state index contributed by atoms with van der Waals surface area (Å²) >= 11 is 11.9. The van der Waals surface area contributed by atoms with Crippen LogP contribution in [0.3, 0.4) is 0 Å². The van der Waals surface area contributed by atoms with E-state index in [1.165, 1.54) is 12.2 Å². The Hall–Kier alpha value is -2.49. The summed E-state index contributed by atoms with van der Waals surface area (Å²) in [6.07, 6.45) is 3.70. The first-order chi connectivity index (χ1) is 11.6. The van der Waals surface area contributed by atoms with Crippen LogP contribution in [0.5, 0.6) is 0 Å². The van der Waals surface area contributed by atoms with Crippen molar-refractivity contribution in [1.29, 1.82) is 0 Å². The summed E-state index contributed by atoms with van der Waals surface area (Å²) < 4.78 is 0. The molecule has 2 aromatic carbocycles. The van der Waals surface area contributed by atoms with Gasteiger partial charge in [-0.1, -0.05) is 71.7 Å². The molecule has 0 N–H and O–H groups in total. The van der Waals surface area contributed by atoms with Crippen molar-refractivity contribution in [2.24, 2.45) is 0 Å². The van der Waals surface area contributed by atoms with E-state index in [4.69, 9.17) is 23.2 Å². The summed E-state index contributed by atoms with van der Waals surface area (Å²) in [5.74, 6) is -0.154. The first kappa shape index (κ1) is 17.9. The van der Waals surface area contributed by atoms with E-state index in [0.717, 1.165) is 0 Å². The Labute approximate surface area is 149 Å². The number of carbonyl (C=O) groups is 3. The summed E-state index contributed by atoms with van der Waals surface area (Å²) in [5.41, 5.74) is 2.30. The van der Waals surface area contributed by atoms with Gasteiger partial charge in [0.05, 0.1) is 10.1 Å². The van der Waals surface area contributed by atoms with Crippen molar-refractivity contribution >= 4 is 51.6 Å². The summed E-state index contributed by atoms with van der Waals surface area (Å²) in [6, 6.07) is 13.3. The highest BCUT2D eigenvalue weighted by atomic mass is 35.5. The van der Waals surface area contributed by atoms with Crippen LogP contribution in [0.4, 0.5) is 0 Å². The van der Waals surface area contributed by atoms with Gasteiger partial charge in [0.15, 0.2) is 5.78 Å². The lowest BCUT2D eigenvalue weighted by molar-refractivity contribution is -0.104. The minimum Gasteiger partial charge on any atom is -0.299 e.